The molecule has 0 aromatic carbocycles. The van der Waals surface area contributed by atoms with Gasteiger partial charge in [-0.15, -0.1) is 6.58 Å². The van der Waals surface area contributed by atoms with E-state index in [1.807, 2.05) is 0 Å². The highest BCUT2D eigenvalue weighted by Crippen LogP contribution is 2.34. The molecule has 0 aromatic rings. The molecule has 2 heterocycles. The first-order chi connectivity index (χ1) is 6.31. The SMILES string of the molecule is C=CCC(=O)C1CC2CCC1NC2. The van der Waals surface area contributed by atoms with Crippen LogP contribution in [0, 0.1) is 11.8 Å². The van der Waals surface area contributed by atoms with Crippen LogP contribution in [0.1, 0.15) is 25.7 Å². The fourth-order valence-electron chi connectivity index (χ4n) is 2.65. The van der Waals surface area contributed by atoms with Gasteiger partial charge in [-0.05, 0) is 31.7 Å². The maximum atomic E-state index is 11.7. The van der Waals surface area contributed by atoms with Gasteiger partial charge in [0.1, 0.15) is 5.78 Å². The highest BCUT2D eigenvalue weighted by atomic mass is 16.1. The van der Waals surface area contributed by atoms with E-state index in [1.54, 1.807) is 6.08 Å². The van der Waals surface area contributed by atoms with Crippen molar-refractivity contribution in [2.24, 2.45) is 11.8 Å². The summed E-state index contributed by atoms with van der Waals surface area (Å²) < 4.78 is 0. The molecule has 2 aliphatic heterocycles. The highest BCUT2D eigenvalue weighted by molar-refractivity contribution is 5.83. The van der Waals surface area contributed by atoms with E-state index in [1.165, 1.54) is 12.8 Å². The van der Waals surface area contributed by atoms with Crippen LogP contribution < -0.4 is 5.32 Å². The van der Waals surface area contributed by atoms with Crippen LogP contribution in [0.4, 0.5) is 0 Å². The van der Waals surface area contributed by atoms with Gasteiger partial charge in [0.15, 0.2) is 0 Å². The van der Waals surface area contributed by atoms with E-state index in [-0.39, 0.29) is 5.92 Å². The molecule has 1 saturated carbocycles. The smallest absolute Gasteiger partial charge is 0.141 e. The van der Waals surface area contributed by atoms with Gasteiger partial charge in [0.05, 0.1) is 0 Å². The Bertz CT molecular complexity index is 216. The third-order valence-electron chi connectivity index (χ3n) is 3.39. The summed E-state index contributed by atoms with van der Waals surface area (Å²) in [5.41, 5.74) is 0. The predicted octanol–water partition coefficient (Wildman–Crippen LogP) is 1.52. The number of ketones is 1. The lowest BCUT2D eigenvalue weighted by atomic mass is 9.72. The number of hydrogen-bond donors (Lipinski definition) is 1. The summed E-state index contributed by atoms with van der Waals surface area (Å²) in [6.45, 7) is 4.74. The van der Waals surface area contributed by atoms with E-state index in [4.69, 9.17) is 0 Å². The van der Waals surface area contributed by atoms with Gasteiger partial charge < -0.3 is 5.32 Å². The van der Waals surface area contributed by atoms with Gasteiger partial charge >= 0.3 is 0 Å². The number of carbonyl (C=O) groups is 1. The zero-order valence-electron chi connectivity index (χ0n) is 7.96. The van der Waals surface area contributed by atoms with Gasteiger partial charge in [-0.25, -0.2) is 0 Å². The minimum absolute atomic E-state index is 0.283. The number of piperidine rings is 2. The second kappa shape index (κ2) is 3.62. The zero-order chi connectivity index (χ0) is 9.26. The van der Waals surface area contributed by atoms with E-state index < -0.39 is 0 Å². The Morgan fingerprint density at radius 2 is 2.38 bits per heavy atom. The molecule has 3 aliphatic rings. The molecular formula is C11H17NO. The first kappa shape index (κ1) is 8.95. The predicted molar refractivity (Wildman–Crippen MR) is 52.4 cm³/mol. The lowest BCUT2D eigenvalue weighted by Crippen LogP contribution is -2.52. The van der Waals surface area contributed by atoms with E-state index >= 15 is 0 Å². The zero-order valence-corrected chi connectivity index (χ0v) is 7.96. The molecule has 1 aliphatic carbocycles. The molecule has 0 spiro atoms. The molecule has 3 fully saturated rings. The van der Waals surface area contributed by atoms with Gasteiger partial charge in [-0.1, -0.05) is 6.08 Å². The Balaban J connectivity index is 2.00. The lowest BCUT2D eigenvalue weighted by molar-refractivity contribution is -0.125. The topological polar surface area (TPSA) is 29.1 Å². The first-order valence-electron chi connectivity index (χ1n) is 5.18. The molecule has 13 heavy (non-hydrogen) atoms. The number of carbonyl (C=O) groups excluding carboxylic acids is 1. The lowest BCUT2D eigenvalue weighted by Gasteiger charge is -2.42. The number of allylic oxidation sites excluding steroid dienone is 1. The largest absolute Gasteiger partial charge is 0.313 e. The Hall–Kier alpha value is -0.630. The Kier molecular flexibility index (Phi) is 2.49. The van der Waals surface area contributed by atoms with Gasteiger partial charge in [0.25, 0.3) is 0 Å². The van der Waals surface area contributed by atoms with Gasteiger partial charge in [0.2, 0.25) is 0 Å². The molecule has 3 unspecified atom stereocenters. The van der Waals surface area contributed by atoms with E-state index in [9.17, 15) is 4.79 Å². The van der Waals surface area contributed by atoms with Crippen LogP contribution in [-0.4, -0.2) is 18.4 Å². The van der Waals surface area contributed by atoms with Crippen molar-refractivity contribution in [2.75, 3.05) is 6.54 Å². The van der Waals surface area contributed by atoms with E-state index in [0.717, 1.165) is 18.9 Å². The van der Waals surface area contributed by atoms with Crippen molar-refractivity contribution in [1.29, 1.82) is 0 Å². The number of hydrogen-bond acceptors (Lipinski definition) is 2. The molecule has 0 aromatic heterocycles. The number of nitrogens with one attached hydrogen (secondary N) is 1. The molecule has 72 valence electrons. The molecule has 2 bridgehead atoms. The fourth-order valence-corrected chi connectivity index (χ4v) is 2.65. The standard InChI is InChI=1S/C11H17NO/c1-2-3-11(13)9-6-8-4-5-10(9)12-7-8/h2,8-10,12H,1,3-7H2. The summed E-state index contributed by atoms with van der Waals surface area (Å²) in [7, 11) is 0. The summed E-state index contributed by atoms with van der Waals surface area (Å²) >= 11 is 0. The summed E-state index contributed by atoms with van der Waals surface area (Å²) in [5, 5.41) is 3.45. The van der Waals surface area contributed by atoms with Gasteiger partial charge in [-0.3, -0.25) is 4.79 Å². The van der Waals surface area contributed by atoms with Crippen LogP contribution in [0.25, 0.3) is 0 Å². The second-order valence-corrected chi connectivity index (χ2v) is 4.26. The molecule has 2 nitrogen and oxygen atoms in total. The average molecular weight is 179 g/mol. The van der Waals surface area contributed by atoms with Crippen LogP contribution in [0.2, 0.25) is 0 Å². The van der Waals surface area contributed by atoms with Crippen molar-refractivity contribution < 1.29 is 4.79 Å². The van der Waals surface area contributed by atoms with Crippen molar-refractivity contribution in [3.8, 4) is 0 Å². The molecule has 0 radical (unpaired) electrons. The van der Waals surface area contributed by atoms with Crippen LogP contribution >= 0.6 is 0 Å². The van der Waals surface area contributed by atoms with Gasteiger partial charge in [0, 0.05) is 18.4 Å². The van der Waals surface area contributed by atoms with Crippen molar-refractivity contribution in [3.05, 3.63) is 12.7 Å². The molecule has 1 N–H and O–H groups in total. The molecule has 3 atom stereocenters. The number of fused-ring (bicyclic) bond motifs is 3. The third-order valence-corrected chi connectivity index (χ3v) is 3.39. The molecular weight excluding hydrogens is 162 g/mol. The van der Waals surface area contributed by atoms with Crippen LogP contribution in [0.3, 0.4) is 0 Å². The molecule has 2 heteroatoms. The van der Waals surface area contributed by atoms with Crippen LogP contribution in [0.15, 0.2) is 12.7 Å². The average Bonchev–Trinajstić information content (AvgIpc) is 2.20. The summed E-state index contributed by atoms with van der Waals surface area (Å²) in [5.74, 6) is 1.42. The highest BCUT2D eigenvalue weighted by Gasteiger charge is 2.38. The van der Waals surface area contributed by atoms with E-state index in [0.29, 0.717) is 18.2 Å². The maximum absolute atomic E-state index is 11.7. The van der Waals surface area contributed by atoms with Gasteiger partial charge in [-0.2, -0.15) is 0 Å². The quantitative estimate of drug-likeness (QED) is 0.665. The Morgan fingerprint density at radius 1 is 1.54 bits per heavy atom. The Morgan fingerprint density at radius 3 is 2.85 bits per heavy atom. The molecule has 3 rings (SSSR count). The van der Waals surface area contributed by atoms with Crippen LogP contribution in [0.5, 0.6) is 0 Å². The fraction of sp³-hybridized carbons (Fsp3) is 0.727. The van der Waals surface area contributed by atoms with Crippen molar-refractivity contribution in [1.82, 2.24) is 5.32 Å². The monoisotopic (exact) mass is 179 g/mol. The maximum Gasteiger partial charge on any atom is 0.141 e. The normalized spacial score (nSPS) is 37.4. The minimum Gasteiger partial charge on any atom is -0.313 e. The molecule has 2 saturated heterocycles. The van der Waals surface area contributed by atoms with Crippen molar-refractivity contribution in [2.45, 2.75) is 31.7 Å². The summed E-state index contributed by atoms with van der Waals surface area (Å²) in [4.78, 5) is 11.7. The first-order valence-corrected chi connectivity index (χ1v) is 5.18. The molecule has 0 amide bonds. The number of Topliss-reactive ketones (excluding diaryl/α,β-unsaturated/α-hetero) is 1. The summed E-state index contributed by atoms with van der Waals surface area (Å²) in [6.07, 6.45) is 5.90. The third kappa shape index (κ3) is 1.68. The summed E-state index contributed by atoms with van der Waals surface area (Å²) in [6, 6.07) is 0.470. The number of rotatable bonds is 3. The van der Waals surface area contributed by atoms with Crippen LogP contribution in [-0.2, 0) is 4.79 Å². The second-order valence-electron chi connectivity index (χ2n) is 4.26. The van der Waals surface area contributed by atoms with E-state index in [2.05, 4.69) is 11.9 Å². The van der Waals surface area contributed by atoms with Crippen molar-refractivity contribution >= 4 is 5.78 Å². The Labute approximate surface area is 79.4 Å². The van der Waals surface area contributed by atoms with Crippen molar-refractivity contribution in [3.63, 3.8) is 0 Å². The minimum atomic E-state index is 0.283.